The Labute approximate surface area is 89.5 Å². The van der Waals surface area contributed by atoms with Gasteiger partial charge in [0.05, 0.1) is 6.61 Å². The number of rotatable bonds is 6. The van der Waals surface area contributed by atoms with E-state index in [9.17, 15) is 0 Å². The molecule has 0 aliphatic heterocycles. The molecule has 1 rings (SSSR count). The van der Waals surface area contributed by atoms with E-state index in [2.05, 4.69) is 4.98 Å². The van der Waals surface area contributed by atoms with Gasteiger partial charge in [-0.25, -0.2) is 4.98 Å². The molecule has 0 atom stereocenters. The summed E-state index contributed by atoms with van der Waals surface area (Å²) in [6, 6.07) is 0. The molecule has 0 aromatic carbocycles. The monoisotopic (exact) mass is 213 g/mol. The number of nitrogens with zero attached hydrogens (tertiary/aromatic N) is 1. The van der Waals surface area contributed by atoms with Crippen molar-refractivity contribution in [2.45, 2.75) is 33.1 Å². The zero-order chi connectivity index (χ0) is 10.4. The molecule has 0 aliphatic rings. The number of thiocarbonyl (C=S) groups is 1. The van der Waals surface area contributed by atoms with Crippen molar-refractivity contribution in [3.8, 4) is 5.95 Å². The van der Waals surface area contributed by atoms with Crippen LogP contribution in [0.1, 0.15) is 31.4 Å². The van der Waals surface area contributed by atoms with E-state index >= 15 is 0 Å². The van der Waals surface area contributed by atoms with Crippen LogP contribution in [-0.4, -0.2) is 17.0 Å². The molecule has 0 bridgehead atoms. The van der Waals surface area contributed by atoms with E-state index in [1.807, 2.05) is 13.8 Å². The molecule has 0 saturated heterocycles. The minimum Gasteiger partial charge on any atom is -0.464 e. The molecule has 0 fully saturated rings. The van der Waals surface area contributed by atoms with Gasteiger partial charge in [-0.15, -0.1) is 0 Å². The van der Waals surface area contributed by atoms with Crippen LogP contribution in [0.2, 0.25) is 0 Å². The van der Waals surface area contributed by atoms with Crippen molar-refractivity contribution in [3.63, 3.8) is 0 Å². The second kappa shape index (κ2) is 5.75. The van der Waals surface area contributed by atoms with E-state index < -0.39 is 0 Å². The van der Waals surface area contributed by atoms with Crippen LogP contribution in [0.15, 0.2) is 4.42 Å². The van der Waals surface area contributed by atoms with Crippen LogP contribution in [-0.2, 0) is 6.42 Å². The van der Waals surface area contributed by atoms with Gasteiger partial charge in [-0.1, -0.05) is 12.2 Å². The SMILES string of the molecule is CCOc1oc(CCCC=S)nc1C. The largest absolute Gasteiger partial charge is 0.464 e. The third-order valence-electron chi connectivity index (χ3n) is 1.79. The summed E-state index contributed by atoms with van der Waals surface area (Å²) < 4.78 is 10.7. The first-order valence-corrected chi connectivity index (χ1v) is 5.27. The summed E-state index contributed by atoms with van der Waals surface area (Å²) in [5, 5.41) is 1.74. The molecule has 78 valence electrons. The topological polar surface area (TPSA) is 35.3 Å². The molecule has 0 radical (unpaired) electrons. The Bertz CT molecular complexity index is 296. The van der Waals surface area contributed by atoms with Crippen LogP contribution in [0.25, 0.3) is 0 Å². The third-order valence-corrected chi connectivity index (χ3v) is 2.02. The van der Waals surface area contributed by atoms with Gasteiger partial charge < -0.3 is 9.15 Å². The molecular weight excluding hydrogens is 198 g/mol. The van der Waals surface area contributed by atoms with Gasteiger partial charge >= 0.3 is 5.95 Å². The second-order valence-electron chi connectivity index (χ2n) is 2.97. The Balaban J connectivity index is 2.52. The van der Waals surface area contributed by atoms with E-state index in [1.165, 1.54) is 0 Å². The molecule has 0 amide bonds. The maximum absolute atomic E-state index is 5.42. The van der Waals surface area contributed by atoms with Gasteiger partial charge in [0, 0.05) is 6.42 Å². The van der Waals surface area contributed by atoms with Crippen molar-refractivity contribution in [3.05, 3.63) is 11.6 Å². The minimum atomic E-state index is 0.546. The smallest absolute Gasteiger partial charge is 0.308 e. The van der Waals surface area contributed by atoms with Gasteiger partial charge in [-0.2, -0.15) is 0 Å². The number of hydrogen-bond acceptors (Lipinski definition) is 4. The normalized spacial score (nSPS) is 10.1. The molecule has 0 spiro atoms. The molecule has 1 aromatic heterocycles. The predicted octanol–water partition coefficient (Wildman–Crippen LogP) is 2.70. The molecule has 0 N–H and O–H groups in total. The Kier molecular flexibility index (Phi) is 4.59. The molecule has 1 aromatic rings. The highest BCUT2D eigenvalue weighted by molar-refractivity contribution is 7.78. The quantitative estimate of drug-likeness (QED) is 0.537. The third kappa shape index (κ3) is 3.10. The number of oxazole rings is 1. The van der Waals surface area contributed by atoms with Crippen molar-refractivity contribution in [2.24, 2.45) is 0 Å². The first-order valence-electron chi connectivity index (χ1n) is 4.80. The summed E-state index contributed by atoms with van der Waals surface area (Å²) in [6.45, 7) is 4.42. The molecular formula is C10H15NO2S. The van der Waals surface area contributed by atoms with Crippen LogP contribution in [0.3, 0.4) is 0 Å². The standard InChI is InChI=1S/C10H15NO2S/c1-3-12-10-8(2)11-9(13-10)6-4-5-7-14/h7H,3-6H2,1-2H3. The first kappa shape index (κ1) is 11.2. The van der Waals surface area contributed by atoms with E-state index in [1.54, 1.807) is 5.37 Å². The first-order chi connectivity index (χ1) is 6.77. The molecule has 14 heavy (non-hydrogen) atoms. The van der Waals surface area contributed by atoms with Crippen LogP contribution in [0.5, 0.6) is 5.95 Å². The summed E-state index contributed by atoms with van der Waals surface area (Å²) in [5.41, 5.74) is 0.823. The lowest BCUT2D eigenvalue weighted by atomic mass is 10.2. The maximum atomic E-state index is 5.42. The molecule has 4 heteroatoms. The highest BCUT2D eigenvalue weighted by atomic mass is 32.1. The van der Waals surface area contributed by atoms with E-state index in [0.29, 0.717) is 12.6 Å². The fourth-order valence-electron chi connectivity index (χ4n) is 1.14. The summed E-state index contributed by atoms with van der Waals surface area (Å²) in [6.07, 6.45) is 2.72. The number of unbranched alkanes of at least 4 members (excludes halogenated alkanes) is 1. The molecule has 0 aliphatic carbocycles. The Morgan fingerprint density at radius 1 is 1.57 bits per heavy atom. The van der Waals surface area contributed by atoms with Gasteiger partial charge in [0.15, 0.2) is 5.89 Å². The van der Waals surface area contributed by atoms with Crippen molar-refractivity contribution >= 4 is 17.6 Å². The zero-order valence-corrected chi connectivity index (χ0v) is 9.39. The highest BCUT2D eigenvalue weighted by Crippen LogP contribution is 2.19. The molecule has 3 nitrogen and oxygen atoms in total. The minimum absolute atomic E-state index is 0.546. The average Bonchev–Trinajstić information content (AvgIpc) is 2.49. The van der Waals surface area contributed by atoms with E-state index in [-0.39, 0.29) is 0 Å². The summed E-state index contributed by atoms with van der Waals surface area (Å²) in [4.78, 5) is 4.26. The van der Waals surface area contributed by atoms with Gasteiger partial charge in [0.1, 0.15) is 5.69 Å². The Hall–Kier alpha value is -0.900. The van der Waals surface area contributed by atoms with Crippen LogP contribution >= 0.6 is 12.2 Å². The second-order valence-corrected chi connectivity index (χ2v) is 3.31. The van der Waals surface area contributed by atoms with E-state index in [4.69, 9.17) is 21.4 Å². The van der Waals surface area contributed by atoms with Gasteiger partial charge in [-0.3, -0.25) is 0 Å². The number of aromatic nitrogens is 1. The average molecular weight is 213 g/mol. The molecule has 0 saturated carbocycles. The van der Waals surface area contributed by atoms with Crippen molar-refractivity contribution < 1.29 is 9.15 Å². The lowest BCUT2D eigenvalue weighted by molar-refractivity contribution is 0.247. The van der Waals surface area contributed by atoms with Crippen LogP contribution in [0, 0.1) is 6.92 Å². The summed E-state index contributed by atoms with van der Waals surface area (Å²) >= 11 is 4.74. The van der Waals surface area contributed by atoms with E-state index in [0.717, 1.165) is 30.8 Å². The summed E-state index contributed by atoms with van der Waals surface area (Å²) in [7, 11) is 0. The van der Waals surface area contributed by atoms with Gasteiger partial charge in [0.25, 0.3) is 0 Å². The predicted molar refractivity (Wildman–Crippen MR) is 59.0 cm³/mol. The fourth-order valence-corrected chi connectivity index (χ4v) is 1.31. The number of aryl methyl sites for hydroxylation is 2. The van der Waals surface area contributed by atoms with Gasteiger partial charge in [-0.05, 0) is 32.1 Å². The van der Waals surface area contributed by atoms with Crippen LogP contribution in [0.4, 0.5) is 0 Å². The Morgan fingerprint density at radius 3 is 3.00 bits per heavy atom. The maximum Gasteiger partial charge on any atom is 0.308 e. The molecule has 0 unspecified atom stereocenters. The molecule has 1 heterocycles. The fraction of sp³-hybridized carbons (Fsp3) is 0.600. The van der Waals surface area contributed by atoms with Crippen molar-refractivity contribution in [2.75, 3.05) is 6.61 Å². The lowest BCUT2D eigenvalue weighted by Crippen LogP contribution is -1.90. The lowest BCUT2D eigenvalue weighted by Gasteiger charge is -1.96. The van der Waals surface area contributed by atoms with Gasteiger partial charge in [0.2, 0.25) is 0 Å². The zero-order valence-electron chi connectivity index (χ0n) is 8.58. The summed E-state index contributed by atoms with van der Waals surface area (Å²) in [5.74, 6) is 1.28. The van der Waals surface area contributed by atoms with Crippen LogP contribution < -0.4 is 4.74 Å². The number of ether oxygens (including phenoxy) is 1. The van der Waals surface area contributed by atoms with Crippen molar-refractivity contribution in [1.29, 1.82) is 0 Å². The number of hydrogen-bond donors (Lipinski definition) is 0. The highest BCUT2D eigenvalue weighted by Gasteiger charge is 2.09. The van der Waals surface area contributed by atoms with Crippen molar-refractivity contribution in [1.82, 2.24) is 4.98 Å². The Morgan fingerprint density at radius 2 is 2.36 bits per heavy atom.